The van der Waals surface area contributed by atoms with E-state index in [0.29, 0.717) is 13.2 Å². The second kappa shape index (κ2) is 5.73. The third-order valence-corrected chi connectivity index (χ3v) is 2.91. The maximum Gasteiger partial charge on any atom is 1.00 e. The van der Waals surface area contributed by atoms with Gasteiger partial charge in [-0.3, -0.25) is 0 Å². The Bertz CT molecular complexity index is 437. The zero-order chi connectivity index (χ0) is 11.6. The van der Waals surface area contributed by atoms with E-state index >= 15 is 0 Å². The first-order valence-corrected chi connectivity index (χ1v) is 5.72. The maximum absolute atomic E-state index is 5.86. The van der Waals surface area contributed by atoms with Gasteiger partial charge in [0.1, 0.15) is 0 Å². The molecular weight excluding hydrogens is 219 g/mol. The van der Waals surface area contributed by atoms with E-state index in [-0.39, 0.29) is 18.9 Å². The van der Waals surface area contributed by atoms with E-state index in [0.717, 1.165) is 11.1 Å². The van der Waals surface area contributed by atoms with Crippen molar-refractivity contribution in [3.05, 3.63) is 71.8 Å². The molecule has 0 amide bonds. The largest absolute Gasteiger partial charge is 1.00 e. The van der Waals surface area contributed by atoms with E-state index in [4.69, 9.17) is 9.47 Å². The van der Waals surface area contributed by atoms with Crippen LogP contribution < -0.4 is 18.9 Å². The van der Waals surface area contributed by atoms with Gasteiger partial charge >= 0.3 is 18.9 Å². The van der Waals surface area contributed by atoms with E-state index in [1.54, 1.807) is 0 Å². The van der Waals surface area contributed by atoms with Crippen LogP contribution in [0.5, 0.6) is 0 Å². The smallest absolute Gasteiger partial charge is 0.341 e. The molecule has 0 N–H and O–H groups in total. The van der Waals surface area contributed by atoms with Crippen LogP contribution in [-0.2, 0) is 15.3 Å². The molecule has 1 fully saturated rings. The molecule has 0 radical (unpaired) electrons. The number of rotatable bonds is 2. The molecule has 0 spiro atoms. The molecule has 0 unspecified atom stereocenters. The fourth-order valence-corrected chi connectivity index (χ4v) is 2.15. The van der Waals surface area contributed by atoms with Crippen LogP contribution in [0.1, 0.15) is 11.1 Å². The molecule has 1 aliphatic rings. The predicted molar refractivity (Wildman–Crippen MR) is 64.4 cm³/mol. The van der Waals surface area contributed by atoms with Crippen molar-refractivity contribution < 1.29 is 28.3 Å². The summed E-state index contributed by atoms with van der Waals surface area (Å²) in [6.45, 7) is 1.22. The Morgan fingerprint density at radius 1 is 0.889 bits per heavy atom. The zero-order valence-electron chi connectivity index (χ0n) is 10.4. The fraction of sp³-hybridized carbons (Fsp3) is 0.200. The SMILES string of the molecule is [Li+].[c-]1ccccc1C1(c2ccccc2)OCCO1. The molecule has 2 aromatic rings. The monoisotopic (exact) mass is 232 g/mol. The molecule has 2 nitrogen and oxygen atoms in total. The van der Waals surface area contributed by atoms with Crippen molar-refractivity contribution in [2.45, 2.75) is 5.79 Å². The van der Waals surface area contributed by atoms with Crippen LogP contribution >= 0.6 is 0 Å². The van der Waals surface area contributed by atoms with Gasteiger partial charge in [-0.15, -0.1) is 0 Å². The molecule has 3 heteroatoms. The molecule has 0 aliphatic carbocycles. The van der Waals surface area contributed by atoms with Gasteiger partial charge in [-0.05, 0) is 0 Å². The summed E-state index contributed by atoms with van der Waals surface area (Å²) in [6.07, 6.45) is 0. The van der Waals surface area contributed by atoms with Crippen LogP contribution in [-0.4, -0.2) is 13.2 Å². The van der Waals surface area contributed by atoms with Crippen molar-refractivity contribution in [3.63, 3.8) is 0 Å². The minimum absolute atomic E-state index is 0. The van der Waals surface area contributed by atoms with Gasteiger partial charge < -0.3 is 9.47 Å². The van der Waals surface area contributed by atoms with Crippen molar-refractivity contribution in [2.24, 2.45) is 0 Å². The minimum atomic E-state index is -0.775. The number of ether oxygens (including phenoxy) is 2. The third-order valence-electron chi connectivity index (χ3n) is 2.91. The number of hydrogen-bond donors (Lipinski definition) is 0. The molecule has 0 bridgehead atoms. The minimum Gasteiger partial charge on any atom is -0.341 e. The van der Waals surface area contributed by atoms with Gasteiger partial charge in [0.05, 0.1) is 13.2 Å². The van der Waals surface area contributed by atoms with E-state index in [1.165, 1.54) is 0 Å². The number of benzene rings is 2. The van der Waals surface area contributed by atoms with Gasteiger partial charge in [-0.25, -0.2) is 0 Å². The maximum atomic E-state index is 5.86. The average molecular weight is 232 g/mol. The first-order chi connectivity index (χ1) is 8.42. The zero-order valence-corrected chi connectivity index (χ0v) is 10.4. The summed E-state index contributed by atoms with van der Waals surface area (Å²) in [4.78, 5) is 0. The molecule has 0 atom stereocenters. The summed E-state index contributed by atoms with van der Waals surface area (Å²) in [6, 6.07) is 21.0. The molecule has 0 aromatic heterocycles. The van der Waals surface area contributed by atoms with Gasteiger partial charge in [-0.2, -0.15) is 30.3 Å². The van der Waals surface area contributed by atoms with E-state index in [9.17, 15) is 0 Å². The average Bonchev–Trinajstić information content (AvgIpc) is 2.91. The van der Waals surface area contributed by atoms with Gasteiger partial charge in [0.15, 0.2) is 5.79 Å². The summed E-state index contributed by atoms with van der Waals surface area (Å²) < 4.78 is 11.7. The summed E-state index contributed by atoms with van der Waals surface area (Å²) in [5.74, 6) is -0.775. The van der Waals surface area contributed by atoms with Crippen molar-refractivity contribution >= 4 is 0 Å². The molecule has 86 valence electrons. The molecule has 1 saturated heterocycles. The first kappa shape index (κ1) is 13.4. The van der Waals surface area contributed by atoms with E-state index < -0.39 is 5.79 Å². The third kappa shape index (κ3) is 2.25. The molecule has 1 heterocycles. The van der Waals surface area contributed by atoms with Crippen LogP contribution in [0.3, 0.4) is 0 Å². The van der Waals surface area contributed by atoms with Gasteiger partial charge in [0.25, 0.3) is 0 Å². The van der Waals surface area contributed by atoms with Crippen LogP contribution in [0.4, 0.5) is 0 Å². The Kier molecular flexibility index (Phi) is 4.26. The molecule has 3 rings (SSSR count). The van der Waals surface area contributed by atoms with Crippen molar-refractivity contribution in [3.8, 4) is 0 Å². The second-order valence-electron chi connectivity index (χ2n) is 3.96. The standard InChI is InChI=1S/C15H13O2.Li/c1-3-7-13(8-4-1)15(16-11-12-17-15)14-9-5-2-6-10-14;/h1-9H,11-12H2;/q-1;+1. The van der Waals surface area contributed by atoms with Crippen molar-refractivity contribution in [1.82, 2.24) is 0 Å². The van der Waals surface area contributed by atoms with Crippen LogP contribution in [0.2, 0.25) is 0 Å². The Balaban J connectivity index is 0.00000120. The van der Waals surface area contributed by atoms with Crippen LogP contribution in [0.25, 0.3) is 0 Å². The number of hydrogen-bond acceptors (Lipinski definition) is 2. The summed E-state index contributed by atoms with van der Waals surface area (Å²) in [7, 11) is 0. The molecule has 1 aliphatic heterocycles. The van der Waals surface area contributed by atoms with Crippen LogP contribution in [0, 0.1) is 6.07 Å². The summed E-state index contributed by atoms with van der Waals surface area (Å²) >= 11 is 0. The van der Waals surface area contributed by atoms with Gasteiger partial charge in [0, 0.05) is 5.56 Å². The first-order valence-electron chi connectivity index (χ1n) is 5.72. The molecular formula is C15H13LiO2. The Morgan fingerprint density at radius 2 is 1.56 bits per heavy atom. The Labute approximate surface area is 119 Å². The fourth-order valence-electron chi connectivity index (χ4n) is 2.15. The second-order valence-corrected chi connectivity index (χ2v) is 3.96. The van der Waals surface area contributed by atoms with Crippen molar-refractivity contribution in [2.75, 3.05) is 13.2 Å². The summed E-state index contributed by atoms with van der Waals surface area (Å²) in [5, 5.41) is 0. The van der Waals surface area contributed by atoms with Gasteiger partial charge in [0.2, 0.25) is 0 Å². The van der Waals surface area contributed by atoms with Gasteiger partial charge in [-0.1, -0.05) is 35.9 Å². The van der Waals surface area contributed by atoms with Crippen molar-refractivity contribution in [1.29, 1.82) is 0 Å². The quantitative estimate of drug-likeness (QED) is 0.524. The molecule has 18 heavy (non-hydrogen) atoms. The molecule has 2 aromatic carbocycles. The normalized spacial score (nSPS) is 17.1. The Hall–Kier alpha value is -1.04. The predicted octanol–water partition coefficient (Wildman–Crippen LogP) is -0.261. The summed E-state index contributed by atoms with van der Waals surface area (Å²) in [5.41, 5.74) is 1.93. The van der Waals surface area contributed by atoms with Crippen LogP contribution in [0.15, 0.2) is 54.6 Å². The molecule has 0 saturated carbocycles. The van der Waals surface area contributed by atoms with E-state index in [2.05, 4.69) is 6.07 Å². The van der Waals surface area contributed by atoms with E-state index in [1.807, 2.05) is 54.6 Å². The topological polar surface area (TPSA) is 18.5 Å². The Morgan fingerprint density at radius 3 is 2.17 bits per heavy atom.